The second-order valence-corrected chi connectivity index (χ2v) is 2.10. The fraction of sp³-hybridized carbons (Fsp3) is 0. The van der Waals surface area contributed by atoms with Crippen LogP contribution in [-0.4, -0.2) is 0 Å². The molecule has 3 nitrogen and oxygen atoms in total. The molecule has 0 heterocycles. The molecule has 0 saturated carbocycles. The van der Waals surface area contributed by atoms with Gasteiger partial charge in [-0.15, -0.1) is 0 Å². The van der Waals surface area contributed by atoms with Gasteiger partial charge in [-0.05, 0) is 0 Å². The van der Waals surface area contributed by atoms with Gasteiger partial charge in [-0.2, -0.15) is 0 Å². The fourth-order valence-electron chi connectivity index (χ4n) is 0. The van der Waals surface area contributed by atoms with E-state index in [1.807, 2.05) is 0 Å². The molecule has 0 aromatic heterocycles. The van der Waals surface area contributed by atoms with E-state index in [9.17, 15) is 0 Å². The second-order valence-electron chi connectivity index (χ2n) is 0.289. The van der Waals surface area contributed by atoms with Gasteiger partial charge in [0, 0.05) is 0 Å². The monoisotopic (exact) mass is 187 g/mol. The molecule has 4 heteroatoms. The summed E-state index contributed by atoms with van der Waals surface area (Å²) in [5, 5.41) is 0. The number of hydrogen-bond donors (Lipinski definition) is 0. The third-order valence-corrected chi connectivity index (χ3v) is 0. The molecule has 0 aromatic rings. The van der Waals surface area contributed by atoms with Crippen molar-refractivity contribution < 1.29 is 37.0 Å². The Labute approximate surface area is 36.9 Å². The topological polar surface area (TPSA) is 63.2 Å². The molecule has 23 valence electrons. The first-order chi connectivity index (χ1) is 1.73. The molecule has 0 rings (SSSR count). The van der Waals surface area contributed by atoms with E-state index in [1.54, 1.807) is 0 Å². The summed E-state index contributed by atoms with van der Waals surface area (Å²) in [7, 11) is 0. The molecule has 0 aromatic carbocycles. The van der Waals surface area contributed by atoms with Crippen molar-refractivity contribution in [3.05, 3.63) is 0 Å². The van der Waals surface area contributed by atoms with E-state index < -0.39 is 31.2 Å². The first-order valence-corrected chi connectivity index (χ1v) is 5.15. The average Bonchev–Trinajstić information content (AvgIpc) is 0.811. The van der Waals surface area contributed by atoms with Crippen molar-refractivity contribution in [2.75, 3.05) is 0 Å². The van der Waals surface area contributed by atoms with Crippen LogP contribution in [0.25, 0.3) is 0 Å². The van der Waals surface area contributed by atoms with Crippen LogP contribution in [-0.2, 0) is 1.70 Å². The van der Waals surface area contributed by atoms with Crippen molar-refractivity contribution in [1.29, 1.82) is 0 Å². The van der Waals surface area contributed by atoms with Gasteiger partial charge >= 0.3 is 37.0 Å². The van der Waals surface area contributed by atoms with E-state index in [0.29, 0.717) is 0 Å². The van der Waals surface area contributed by atoms with Crippen molar-refractivity contribution in [3.63, 3.8) is 0 Å². The minimum absolute atomic E-state index is 4.47. The first kappa shape index (κ1) is 4.91. The van der Waals surface area contributed by atoms with Crippen LogP contribution in [0, 0.1) is 31.2 Å². The van der Waals surface area contributed by atoms with Crippen LogP contribution in [0.15, 0.2) is 0 Å². The summed E-state index contributed by atoms with van der Waals surface area (Å²) in [4.78, 5) is 0. The van der Waals surface area contributed by atoms with Crippen molar-refractivity contribution >= 4 is 0 Å². The fourth-order valence-corrected chi connectivity index (χ4v) is 0. The summed E-state index contributed by atoms with van der Waals surface area (Å²) in [5.41, 5.74) is 0. The molecular weight excluding hydrogens is 187 g/mol. The quantitative estimate of drug-likeness (QED) is 0.421. The van der Waals surface area contributed by atoms with Gasteiger partial charge < -0.3 is 0 Å². The van der Waals surface area contributed by atoms with Gasteiger partial charge in [0.05, 0.1) is 0 Å². The van der Waals surface area contributed by atoms with Crippen molar-refractivity contribution in [1.82, 2.24) is 0 Å². The van der Waals surface area contributed by atoms with Crippen LogP contribution in [0.3, 0.4) is 0 Å². The molecule has 4 heavy (non-hydrogen) atoms. The summed E-state index contributed by atoms with van der Waals surface area (Å²) >= 11 is -4.47. The van der Waals surface area contributed by atoms with E-state index in [2.05, 4.69) is 0 Å². The van der Waals surface area contributed by atoms with Crippen LogP contribution < -0.4 is 4.15 Å². The van der Waals surface area contributed by atoms with E-state index in [1.165, 1.54) is 0 Å². The van der Waals surface area contributed by atoms with Gasteiger partial charge in [0.1, 0.15) is 0 Å². The molecule has 0 radical (unpaired) electrons. The Morgan fingerprint density at radius 2 is 1.50 bits per heavy atom. The SMILES string of the molecule is [O]=[La]([O-])[O-]. The normalized spacial score (nSPS) is 6.50. The molecule has 0 saturated heterocycles. The summed E-state index contributed by atoms with van der Waals surface area (Å²) in [5.74, 6) is 0. The van der Waals surface area contributed by atoms with Gasteiger partial charge in [0.2, 0.25) is 0 Å². The van der Waals surface area contributed by atoms with Gasteiger partial charge in [-0.25, -0.2) is 0 Å². The molecule has 0 spiro atoms. The molecule has 0 N–H and O–H groups in total. The third kappa shape index (κ3) is 12.8. The predicted molar refractivity (Wildman–Crippen MR) is 0.686 cm³/mol. The molecule has 0 atom stereocenters. The minimum atomic E-state index is -4.47. The standard InChI is InChI=1S/La.3O/q;;2*-1. The van der Waals surface area contributed by atoms with E-state index in [4.69, 9.17) is 5.84 Å². The maximum absolute atomic E-state index is 8.64. The maximum atomic E-state index is 8.64. The van der Waals surface area contributed by atoms with Crippen LogP contribution in [0.2, 0.25) is 0 Å². The van der Waals surface area contributed by atoms with E-state index in [0.717, 1.165) is 0 Å². The van der Waals surface area contributed by atoms with Crippen molar-refractivity contribution in [2.24, 2.45) is 0 Å². The zero-order chi connectivity index (χ0) is 3.58. The van der Waals surface area contributed by atoms with Crippen LogP contribution in [0.5, 0.6) is 0 Å². The third-order valence-electron chi connectivity index (χ3n) is 0. The van der Waals surface area contributed by atoms with Crippen molar-refractivity contribution in [2.45, 2.75) is 0 Å². The average molecular weight is 187 g/mol. The van der Waals surface area contributed by atoms with E-state index in [-0.39, 0.29) is 0 Å². The summed E-state index contributed by atoms with van der Waals surface area (Å²) < 4.78 is 25.9. The second kappa shape index (κ2) is 2.17. The van der Waals surface area contributed by atoms with Gasteiger partial charge in [-0.1, -0.05) is 0 Å². The molecule has 0 bridgehead atoms. The van der Waals surface area contributed by atoms with Crippen LogP contribution >= 0.6 is 0 Å². The summed E-state index contributed by atoms with van der Waals surface area (Å²) in [6.07, 6.45) is 0. The van der Waals surface area contributed by atoms with Crippen LogP contribution in [0.4, 0.5) is 0 Å². The molecule has 0 amide bonds. The number of hydrogen-bond acceptors (Lipinski definition) is 3. The molecule has 0 aliphatic rings. The van der Waals surface area contributed by atoms with Gasteiger partial charge in [0.15, 0.2) is 0 Å². The van der Waals surface area contributed by atoms with Gasteiger partial charge in [0.25, 0.3) is 0 Å². The Kier molecular flexibility index (Phi) is 2.67. The molecule has 0 aliphatic carbocycles. The van der Waals surface area contributed by atoms with E-state index >= 15 is 0 Å². The zero-order valence-electron chi connectivity index (χ0n) is 1.80. The van der Waals surface area contributed by atoms with Crippen LogP contribution in [0.1, 0.15) is 0 Å². The summed E-state index contributed by atoms with van der Waals surface area (Å²) in [6, 6.07) is 0. The Balaban J connectivity index is 2.80. The zero-order valence-corrected chi connectivity index (χ0v) is 5.43. The molecule has 0 unspecified atom stereocenters. The van der Waals surface area contributed by atoms with Crippen molar-refractivity contribution in [3.8, 4) is 0 Å². The Morgan fingerprint density at radius 3 is 1.50 bits per heavy atom. The predicted octanol–water partition coefficient (Wildman–Crippen LogP) is -2.50. The Bertz CT molecular complexity index is 26.3. The summed E-state index contributed by atoms with van der Waals surface area (Å²) in [6.45, 7) is 0. The Hall–Kier alpha value is 0.915. The van der Waals surface area contributed by atoms with Gasteiger partial charge in [-0.3, -0.25) is 0 Å². The molecule has 0 fully saturated rings. The first-order valence-electron chi connectivity index (χ1n) is 0.707. The Morgan fingerprint density at radius 1 is 1.50 bits per heavy atom. The molecule has 0 aliphatic heterocycles. The molecular formula is LaO3-2. The number of rotatable bonds is 0.